The van der Waals surface area contributed by atoms with Crippen molar-refractivity contribution in [3.05, 3.63) is 71.6 Å². The Morgan fingerprint density at radius 2 is 1.93 bits per heavy atom. The van der Waals surface area contributed by atoms with E-state index in [1.54, 1.807) is 6.07 Å². The second-order valence-corrected chi connectivity index (χ2v) is 10.2. The van der Waals surface area contributed by atoms with E-state index < -0.39 is 0 Å². The molecule has 0 aliphatic carbocycles. The monoisotopic (exact) mass is 587 g/mol. The van der Waals surface area contributed by atoms with Crippen LogP contribution in [0.5, 0.6) is 11.5 Å². The molecule has 2 N–H and O–H groups in total. The van der Waals surface area contributed by atoms with Crippen molar-refractivity contribution in [2.24, 2.45) is 10.6 Å². The number of halogens is 2. The average molecular weight is 589 g/mol. The minimum Gasteiger partial charge on any atom is -0.456 e. The molecule has 0 unspecified atom stereocenters. The fourth-order valence-electron chi connectivity index (χ4n) is 4.02. The molecule has 0 spiro atoms. The molecule has 0 atom stereocenters. The van der Waals surface area contributed by atoms with Crippen LogP contribution in [0.3, 0.4) is 0 Å². The number of aliphatic hydroxyl groups is 1. The number of ether oxygens (including phenoxy) is 2. The largest absolute Gasteiger partial charge is 0.456 e. The van der Waals surface area contributed by atoms with Gasteiger partial charge < -0.3 is 29.3 Å². The number of hydrogen-bond acceptors (Lipinski definition) is 8. The van der Waals surface area contributed by atoms with Gasteiger partial charge in [-0.3, -0.25) is 0 Å². The van der Waals surface area contributed by atoms with Crippen LogP contribution in [-0.4, -0.2) is 51.8 Å². The summed E-state index contributed by atoms with van der Waals surface area (Å²) in [5.74, 6) is 1.81. The summed E-state index contributed by atoms with van der Waals surface area (Å²) < 4.78 is 13.6. The van der Waals surface area contributed by atoms with E-state index in [4.69, 9.17) is 31.0 Å². The summed E-state index contributed by atoms with van der Waals surface area (Å²) in [6, 6.07) is 15.1. The standard InChI is InChI=1S/C29H34ClN5O4.ClH/c1-5-38-34-27(29(2,3)4)20-7-6-8-22(17-20)39-25-10-9-21(18-23(25)30)33-28-26-24(31-19-32-28)11-12-35(26)13-15-37-16-14-36;/h6-12,17-19,36H,5,13-16H2,1-4H3,(H,31,32,33);1H/b34-27-;. The van der Waals surface area contributed by atoms with Crippen molar-refractivity contribution in [1.82, 2.24) is 14.5 Å². The zero-order valence-corrected chi connectivity index (χ0v) is 24.6. The Hall–Kier alpha value is -3.37. The van der Waals surface area contributed by atoms with Crippen molar-refractivity contribution in [3.63, 3.8) is 0 Å². The molecule has 9 nitrogen and oxygen atoms in total. The van der Waals surface area contributed by atoms with Gasteiger partial charge in [0, 0.05) is 29.4 Å². The quantitative estimate of drug-likeness (QED) is 0.106. The minimum absolute atomic E-state index is 0. The molecular weight excluding hydrogens is 553 g/mol. The lowest BCUT2D eigenvalue weighted by molar-refractivity contribution is 0.0875. The van der Waals surface area contributed by atoms with Gasteiger partial charge in [-0.15, -0.1) is 12.4 Å². The van der Waals surface area contributed by atoms with Crippen molar-refractivity contribution < 1.29 is 19.4 Å². The fraction of sp³-hybridized carbons (Fsp3) is 0.345. The summed E-state index contributed by atoms with van der Waals surface area (Å²) in [5.41, 5.74) is 3.95. The van der Waals surface area contributed by atoms with Crippen molar-refractivity contribution in [2.75, 3.05) is 31.7 Å². The van der Waals surface area contributed by atoms with E-state index in [2.05, 4.69) is 41.2 Å². The number of nitrogens with zero attached hydrogens (tertiary/aromatic N) is 4. The molecule has 11 heteroatoms. The van der Waals surface area contributed by atoms with Gasteiger partial charge in [0.05, 0.1) is 36.1 Å². The third-order valence-corrected chi connectivity index (χ3v) is 6.08. The highest BCUT2D eigenvalue weighted by Gasteiger charge is 2.22. The van der Waals surface area contributed by atoms with Gasteiger partial charge >= 0.3 is 0 Å². The molecule has 2 aromatic heterocycles. The maximum atomic E-state index is 8.93. The molecule has 40 heavy (non-hydrogen) atoms. The van der Waals surface area contributed by atoms with Crippen LogP contribution in [0.2, 0.25) is 5.02 Å². The van der Waals surface area contributed by atoms with E-state index in [0.29, 0.717) is 48.7 Å². The molecule has 214 valence electrons. The number of aliphatic hydroxyl groups excluding tert-OH is 1. The van der Waals surface area contributed by atoms with Crippen molar-refractivity contribution in [2.45, 2.75) is 34.2 Å². The lowest BCUT2D eigenvalue weighted by Gasteiger charge is -2.21. The predicted molar refractivity (Wildman–Crippen MR) is 162 cm³/mol. The third kappa shape index (κ3) is 7.85. The number of aromatic nitrogens is 3. The van der Waals surface area contributed by atoms with Crippen molar-refractivity contribution >= 4 is 52.3 Å². The summed E-state index contributed by atoms with van der Waals surface area (Å²) >= 11 is 6.63. The molecule has 0 saturated heterocycles. The Kier molecular flexibility index (Phi) is 11.2. The predicted octanol–water partition coefficient (Wildman–Crippen LogP) is 6.84. The van der Waals surface area contributed by atoms with E-state index >= 15 is 0 Å². The van der Waals surface area contributed by atoms with Gasteiger partial charge in [-0.2, -0.15) is 0 Å². The van der Waals surface area contributed by atoms with Gasteiger partial charge in [-0.1, -0.05) is 49.7 Å². The third-order valence-electron chi connectivity index (χ3n) is 5.79. The number of fused-ring (bicyclic) bond motifs is 1. The number of rotatable bonds is 12. The number of oxime groups is 1. The van der Waals surface area contributed by atoms with E-state index in [-0.39, 0.29) is 24.4 Å². The Morgan fingerprint density at radius 3 is 2.65 bits per heavy atom. The second kappa shape index (κ2) is 14.3. The Morgan fingerprint density at radius 1 is 1.10 bits per heavy atom. The maximum absolute atomic E-state index is 8.93. The molecule has 0 radical (unpaired) electrons. The van der Waals surface area contributed by atoms with E-state index in [0.717, 1.165) is 28.0 Å². The zero-order valence-electron chi connectivity index (χ0n) is 23.1. The van der Waals surface area contributed by atoms with Gasteiger partial charge in [0.2, 0.25) is 0 Å². The molecular formula is C29H35Cl2N5O4. The van der Waals surface area contributed by atoms with Gasteiger partial charge in [-0.25, -0.2) is 9.97 Å². The average Bonchev–Trinajstić information content (AvgIpc) is 3.32. The first kappa shape index (κ1) is 31.2. The summed E-state index contributed by atoms with van der Waals surface area (Å²) in [6.07, 6.45) is 3.46. The Labute approximate surface area is 245 Å². The molecule has 0 bridgehead atoms. The maximum Gasteiger partial charge on any atom is 0.158 e. The first-order valence-corrected chi connectivity index (χ1v) is 13.2. The summed E-state index contributed by atoms with van der Waals surface area (Å²) in [6.45, 7) is 10.0. The van der Waals surface area contributed by atoms with E-state index in [1.165, 1.54) is 6.33 Å². The Balaban J connectivity index is 0.00000441. The van der Waals surface area contributed by atoms with Gasteiger partial charge in [0.25, 0.3) is 0 Å². The Bertz CT molecular complexity index is 1440. The molecule has 0 fully saturated rings. The van der Waals surface area contributed by atoms with Crippen LogP contribution in [-0.2, 0) is 16.1 Å². The van der Waals surface area contributed by atoms with Crippen molar-refractivity contribution in [3.8, 4) is 11.5 Å². The zero-order chi connectivity index (χ0) is 27.8. The van der Waals surface area contributed by atoms with Crippen LogP contribution in [0, 0.1) is 5.41 Å². The highest BCUT2D eigenvalue weighted by molar-refractivity contribution is 6.32. The highest BCUT2D eigenvalue weighted by Crippen LogP contribution is 2.34. The van der Waals surface area contributed by atoms with Crippen LogP contribution < -0.4 is 10.1 Å². The number of nitrogens with one attached hydrogen (secondary N) is 1. The van der Waals surface area contributed by atoms with E-state index in [1.807, 2.05) is 60.2 Å². The lowest BCUT2D eigenvalue weighted by atomic mass is 9.85. The van der Waals surface area contributed by atoms with Crippen molar-refractivity contribution in [1.29, 1.82) is 0 Å². The molecule has 2 heterocycles. The van der Waals surface area contributed by atoms with Crippen LogP contribution in [0.25, 0.3) is 11.0 Å². The van der Waals surface area contributed by atoms with Gasteiger partial charge in [0.1, 0.15) is 29.9 Å². The first-order chi connectivity index (χ1) is 18.8. The molecule has 0 aliphatic rings. The first-order valence-electron chi connectivity index (χ1n) is 12.8. The molecule has 2 aromatic carbocycles. The van der Waals surface area contributed by atoms with Gasteiger partial charge in [-0.05, 0) is 43.3 Å². The van der Waals surface area contributed by atoms with Crippen LogP contribution in [0.1, 0.15) is 33.3 Å². The smallest absolute Gasteiger partial charge is 0.158 e. The fourth-order valence-corrected chi connectivity index (χ4v) is 4.24. The van der Waals surface area contributed by atoms with Crippen LogP contribution in [0.4, 0.5) is 11.5 Å². The van der Waals surface area contributed by atoms with Crippen LogP contribution >= 0.6 is 24.0 Å². The lowest BCUT2D eigenvalue weighted by Crippen LogP contribution is -2.22. The number of anilines is 2. The van der Waals surface area contributed by atoms with Gasteiger partial charge in [0.15, 0.2) is 5.82 Å². The van der Waals surface area contributed by atoms with E-state index in [9.17, 15) is 0 Å². The summed E-state index contributed by atoms with van der Waals surface area (Å²) in [5, 5.41) is 17.1. The highest BCUT2D eigenvalue weighted by atomic mass is 35.5. The number of hydrogen-bond donors (Lipinski definition) is 2. The summed E-state index contributed by atoms with van der Waals surface area (Å²) in [7, 11) is 0. The number of benzene rings is 2. The van der Waals surface area contributed by atoms with Crippen LogP contribution in [0.15, 0.2) is 66.2 Å². The molecule has 4 aromatic rings. The molecule has 0 saturated carbocycles. The molecule has 0 amide bonds. The molecule has 0 aliphatic heterocycles. The second-order valence-electron chi connectivity index (χ2n) is 9.81. The SMILES string of the molecule is CCO/N=C(/c1cccc(Oc2ccc(Nc3ncnc4ccn(CCOCCO)c34)cc2Cl)c1)C(C)(C)C.Cl. The minimum atomic E-state index is -0.211. The molecule has 4 rings (SSSR count). The topological polar surface area (TPSA) is 103 Å². The normalized spacial score (nSPS) is 11.8. The summed E-state index contributed by atoms with van der Waals surface area (Å²) in [4.78, 5) is 14.2.